The van der Waals surface area contributed by atoms with Crippen molar-refractivity contribution in [2.24, 2.45) is 0 Å². The van der Waals surface area contributed by atoms with Gasteiger partial charge in [-0.3, -0.25) is 9.59 Å². The standard InChI is InChI=1S/C25H30BrN7O2.C22H28BrN7O.C3H3ClO/c1-6-24(34)29-19-15-20(22(35-5)16-21(19)33(4)13-12-32(2)3)30-25-27-11-10-23(31-25)28-18-9-7-8-17(26)14-18;1-29(2)10-11-30(3)19-14-20(31-4)18(13-17(19)24)27-22-25-9-8-21(28-22)26-16-7-5-6-15(23)12-16;1-2-3(4)5/h6-11,14-16H,1,12-13H2,2-5H3,(H,29,34)(H2,27,28,30,31);5-9,12-14H,10-11,24H2,1-4H3,(H2,25,26,27,28);2H,1H2. The van der Waals surface area contributed by atoms with E-state index >= 15 is 0 Å². The van der Waals surface area contributed by atoms with Crippen molar-refractivity contribution in [3.8, 4) is 11.5 Å². The number of ether oxygens (including phenoxy) is 2. The van der Waals surface area contributed by atoms with Gasteiger partial charge in [0, 0.05) is 85.1 Å². The minimum absolute atomic E-state index is 0.306. The molecule has 0 spiro atoms. The van der Waals surface area contributed by atoms with Crippen LogP contribution >= 0.6 is 43.5 Å². The van der Waals surface area contributed by atoms with Crippen molar-refractivity contribution < 1.29 is 19.1 Å². The largest absolute Gasteiger partial charge is 0.494 e. The molecule has 0 aliphatic rings. The number of amides is 1. The fourth-order valence-corrected chi connectivity index (χ4v) is 7.00. The van der Waals surface area contributed by atoms with Crippen LogP contribution in [0.25, 0.3) is 0 Å². The molecule has 0 unspecified atom stereocenters. The van der Waals surface area contributed by atoms with E-state index in [9.17, 15) is 9.59 Å². The number of carbonyl (C=O) groups excluding carboxylic acids is 2. The van der Waals surface area contributed by atoms with Gasteiger partial charge in [-0.1, -0.05) is 57.2 Å². The minimum Gasteiger partial charge on any atom is -0.494 e. The molecule has 6 rings (SSSR count). The van der Waals surface area contributed by atoms with E-state index in [-0.39, 0.29) is 5.91 Å². The van der Waals surface area contributed by atoms with Crippen molar-refractivity contribution in [2.45, 2.75) is 0 Å². The Morgan fingerprint density at radius 3 is 1.51 bits per heavy atom. The molecule has 0 saturated heterocycles. The highest BCUT2D eigenvalue weighted by Crippen LogP contribution is 2.39. The van der Waals surface area contributed by atoms with Gasteiger partial charge in [0.2, 0.25) is 23.0 Å². The monoisotopic (exact) mass is 1110 g/mol. The Kier molecular flexibility index (Phi) is 22.8. The second-order valence-corrected chi connectivity index (χ2v) is 18.1. The number of rotatable bonds is 21. The lowest BCUT2D eigenvalue weighted by molar-refractivity contribution is -0.112. The number of nitrogens with one attached hydrogen (secondary N) is 5. The maximum absolute atomic E-state index is 12.1. The van der Waals surface area contributed by atoms with Crippen molar-refractivity contribution in [1.82, 2.24) is 29.7 Å². The SMILES string of the molecule is C=CC(=O)Cl.C=CC(=O)Nc1cc(Nc2nccc(Nc3cccc(Br)c3)n2)c(OC)cc1N(C)CCN(C)C.COc1cc(N(C)CCN(C)C)c(N)cc1Nc1nccc(Nc2cccc(Br)c2)n1. The van der Waals surface area contributed by atoms with Gasteiger partial charge in [-0.05, 0) is 113 Å². The molecule has 2 aromatic heterocycles. The summed E-state index contributed by atoms with van der Waals surface area (Å²) in [5.41, 5.74) is 12.4. The van der Waals surface area contributed by atoms with E-state index in [4.69, 9.17) is 26.8 Å². The van der Waals surface area contributed by atoms with Crippen LogP contribution in [-0.4, -0.2) is 124 Å². The molecule has 7 N–H and O–H groups in total. The number of likely N-dealkylation sites (N-methyl/N-ethyl adjacent to an activating group) is 4. The lowest BCUT2D eigenvalue weighted by Crippen LogP contribution is -2.29. The fourth-order valence-electron chi connectivity index (χ4n) is 6.21. The van der Waals surface area contributed by atoms with Crippen molar-refractivity contribution in [3.05, 3.63) is 132 Å². The molecule has 6 aromatic rings. The van der Waals surface area contributed by atoms with E-state index in [0.29, 0.717) is 57.8 Å². The molecular formula is C50H61Br2ClN14O4. The van der Waals surface area contributed by atoms with Crippen LogP contribution < -0.4 is 51.6 Å². The second kappa shape index (κ2) is 28.6. The van der Waals surface area contributed by atoms with Crippen molar-refractivity contribution in [3.63, 3.8) is 0 Å². The number of nitrogen functional groups attached to an aromatic ring is 1. The number of nitrogens with two attached hydrogens (primary N) is 1. The smallest absolute Gasteiger partial charge is 0.247 e. The van der Waals surface area contributed by atoms with E-state index in [0.717, 1.165) is 64.0 Å². The highest BCUT2D eigenvalue weighted by atomic mass is 79.9. The van der Waals surface area contributed by atoms with Gasteiger partial charge in [0.1, 0.15) is 23.1 Å². The third kappa shape index (κ3) is 19.0. The molecule has 21 heteroatoms. The summed E-state index contributed by atoms with van der Waals surface area (Å²) < 4.78 is 13.2. The molecule has 0 radical (unpaired) electrons. The van der Waals surface area contributed by atoms with Crippen LogP contribution in [0, 0.1) is 0 Å². The molecule has 0 bridgehead atoms. The third-order valence-corrected chi connectivity index (χ3v) is 11.0. The number of methoxy groups -OCH3 is 2. The third-order valence-electron chi connectivity index (χ3n) is 9.86. The quantitative estimate of drug-likeness (QED) is 0.0225. The minimum atomic E-state index is -0.509. The van der Waals surface area contributed by atoms with Gasteiger partial charge in [0.05, 0.1) is 48.3 Å². The topological polar surface area (TPSA) is 203 Å². The van der Waals surface area contributed by atoms with E-state index < -0.39 is 5.24 Å². The van der Waals surface area contributed by atoms with Crippen molar-refractivity contribution in [2.75, 3.05) is 125 Å². The van der Waals surface area contributed by atoms with Gasteiger partial charge in [-0.25, -0.2) is 9.97 Å². The number of hydrogen-bond donors (Lipinski definition) is 6. The molecule has 71 heavy (non-hydrogen) atoms. The zero-order valence-electron chi connectivity index (χ0n) is 41.1. The molecule has 1 amide bonds. The predicted molar refractivity (Wildman–Crippen MR) is 299 cm³/mol. The number of carbonyl (C=O) groups is 2. The molecule has 0 fully saturated rings. The predicted octanol–water partition coefficient (Wildman–Crippen LogP) is 10.1. The Hall–Kier alpha value is -6.97. The van der Waals surface area contributed by atoms with Gasteiger partial charge < -0.3 is 61.4 Å². The highest BCUT2D eigenvalue weighted by Gasteiger charge is 2.18. The lowest BCUT2D eigenvalue weighted by atomic mass is 10.2. The number of aromatic nitrogens is 4. The van der Waals surface area contributed by atoms with Gasteiger partial charge >= 0.3 is 0 Å². The number of allylic oxidation sites excluding steroid dienone is 1. The van der Waals surface area contributed by atoms with E-state index in [1.54, 1.807) is 44.8 Å². The van der Waals surface area contributed by atoms with Gasteiger partial charge in [-0.15, -0.1) is 0 Å². The summed E-state index contributed by atoms with van der Waals surface area (Å²) in [5, 5.41) is 15.3. The molecule has 0 aliphatic carbocycles. The first-order valence-electron chi connectivity index (χ1n) is 21.8. The number of nitrogens with zero attached hydrogens (tertiary/aromatic N) is 8. The molecule has 18 nitrogen and oxygen atoms in total. The van der Waals surface area contributed by atoms with Crippen LogP contribution in [0.3, 0.4) is 0 Å². The van der Waals surface area contributed by atoms with Crippen LogP contribution in [0.4, 0.5) is 69.0 Å². The zero-order valence-corrected chi connectivity index (χ0v) is 45.0. The van der Waals surface area contributed by atoms with Crippen LogP contribution in [0.5, 0.6) is 11.5 Å². The van der Waals surface area contributed by atoms with Crippen molar-refractivity contribution >= 4 is 124 Å². The summed E-state index contributed by atoms with van der Waals surface area (Å²) in [7, 11) is 15.3. The van der Waals surface area contributed by atoms with E-state index in [1.165, 1.54) is 6.08 Å². The van der Waals surface area contributed by atoms with Gasteiger partial charge in [-0.2, -0.15) is 9.97 Å². The Morgan fingerprint density at radius 1 is 0.634 bits per heavy atom. The summed E-state index contributed by atoms with van der Waals surface area (Å²) in [5.74, 6) is 3.05. The average Bonchev–Trinajstić information content (AvgIpc) is 3.33. The number of hydrogen-bond acceptors (Lipinski definition) is 17. The maximum Gasteiger partial charge on any atom is 0.247 e. The molecule has 0 saturated carbocycles. The number of halogens is 3. The fraction of sp³-hybridized carbons (Fsp3) is 0.240. The molecule has 2 heterocycles. The molecule has 0 atom stereocenters. The van der Waals surface area contributed by atoms with E-state index in [2.05, 4.69) is 111 Å². The Bertz CT molecular complexity index is 2730. The Balaban J connectivity index is 0.000000283. The van der Waals surface area contributed by atoms with Crippen molar-refractivity contribution in [1.29, 1.82) is 0 Å². The molecule has 0 aliphatic heterocycles. The first kappa shape index (κ1) is 56.6. The first-order chi connectivity index (χ1) is 33.9. The number of benzene rings is 4. The normalized spacial score (nSPS) is 10.4. The number of anilines is 12. The highest BCUT2D eigenvalue weighted by molar-refractivity contribution is 9.10. The maximum atomic E-state index is 12.1. The summed E-state index contributed by atoms with van der Waals surface area (Å²) >= 11 is 11.6. The summed E-state index contributed by atoms with van der Waals surface area (Å²) in [4.78, 5) is 47.8. The van der Waals surface area contributed by atoms with Crippen LogP contribution in [0.15, 0.2) is 132 Å². The molecule has 376 valence electrons. The van der Waals surface area contributed by atoms with Gasteiger partial charge in [0.25, 0.3) is 0 Å². The molecular weight excluding hydrogens is 1060 g/mol. The van der Waals surface area contributed by atoms with Crippen LogP contribution in [0.1, 0.15) is 0 Å². The first-order valence-corrected chi connectivity index (χ1v) is 23.8. The van der Waals surface area contributed by atoms with Gasteiger partial charge in [0.15, 0.2) is 0 Å². The lowest BCUT2D eigenvalue weighted by Gasteiger charge is -2.26. The second-order valence-electron chi connectivity index (χ2n) is 15.9. The van der Waals surface area contributed by atoms with E-state index in [1.807, 2.05) is 109 Å². The summed E-state index contributed by atoms with van der Waals surface area (Å²) in [6.45, 7) is 10.0. The zero-order chi connectivity index (χ0) is 52.0. The van der Waals surface area contributed by atoms with Crippen LogP contribution in [0.2, 0.25) is 0 Å². The Labute approximate surface area is 438 Å². The summed E-state index contributed by atoms with van der Waals surface area (Å²) in [6, 6.07) is 26.7. The Morgan fingerprint density at radius 2 is 1.08 bits per heavy atom. The average molecular weight is 1120 g/mol. The summed E-state index contributed by atoms with van der Waals surface area (Å²) in [6.07, 6.45) is 5.63. The molecule has 4 aromatic carbocycles. The van der Waals surface area contributed by atoms with Crippen LogP contribution in [-0.2, 0) is 9.59 Å².